The molecule has 1 atom stereocenters. The highest BCUT2D eigenvalue weighted by Gasteiger charge is 2.29. The molecule has 1 aliphatic carbocycles. The Bertz CT molecular complexity index is 426. The molecule has 5 nitrogen and oxygen atoms in total. The van der Waals surface area contributed by atoms with Gasteiger partial charge < -0.3 is 9.64 Å². The van der Waals surface area contributed by atoms with Crippen LogP contribution in [0.1, 0.15) is 38.5 Å². The van der Waals surface area contributed by atoms with E-state index in [4.69, 9.17) is 4.74 Å². The summed E-state index contributed by atoms with van der Waals surface area (Å²) in [6.45, 7) is 1.90. The van der Waals surface area contributed by atoms with Crippen molar-refractivity contribution in [3.63, 3.8) is 0 Å². The molecule has 3 rings (SSSR count). The molecular weight excluding hydrogens is 254 g/mol. The molecule has 0 N–H and O–H groups in total. The van der Waals surface area contributed by atoms with Gasteiger partial charge in [-0.1, -0.05) is 12.8 Å². The molecule has 1 amide bonds. The van der Waals surface area contributed by atoms with E-state index in [-0.39, 0.29) is 18.6 Å². The molecule has 1 aromatic heterocycles. The number of amides is 1. The average Bonchev–Trinajstić information content (AvgIpc) is 3.19. The van der Waals surface area contributed by atoms with Crippen molar-refractivity contribution >= 4 is 5.91 Å². The maximum absolute atomic E-state index is 12.3. The quantitative estimate of drug-likeness (QED) is 0.825. The van der Waals surface area contributed by atoms with Gasteiger partial charge in [-0.3, -0.25) is 9.48 Å². The summed E-state index contributed by atoms with van der Waals surface area (Å²) in [5.41, 5.74) is 0. The summed E-state index contributed by atoms with van der Waals surface area (Å²) in [6, 6.07) is 2.19. The Kier molecular flexibility index (Phi) is 4.35. The van der Waals surface area contributed by atoms with Crippen molar-refractivity contribution in [3.8, 4) is 0 Å². The number of ether oxygens (including phenoxy) is 1. The first-order valence-electron chi connectivity index (χ1n) is 7.71. The summed E-state index contributed by atoms with van der Waals surface area (Å²) in [5.74, 6) is 0.145. The highest BCUT2D eigenvalue weighted by Crippen LogP contribution is 2.22. The molecule has 0 aromatic carbocycles. The normalized spacial score (nSPS) is 23.6. The van der Waals surface area contributed by atoms with Crippen LogP contribution in [-0.4, -0.2) is 45.9 Å². The molecule has 2 heterocycles. The fraction of sp³-hybridized carbons (Fsp3) is 0.733. The number of hydrogen-bond donors (Lipinski definition) is 0. The molecule has 1 saturated heterocycles. The first-order valence-corrected chi connectivity index (χ1v) is 7.71. The predicted octanol–water partition coefficient (Wildman–Crippen LogP) is 1.83. The summed E-state index contributed by atoms with van der Waals surface area (Å²) < 4.78 is 7.66. The molecule has 5 heteroatoms. The molecule has 1 aromatic rings. The van der Waals surface area contributed by atoms with Crippen molar-refractivity contribution in [2.75, 3.05) is 13.2 Å². The maximum Gasteiger partial charge on any atom is 0.248 e. The van der Waals surface area contributed by atoms with Crippen LogP contribution in [0.2, 0.25) is 0 Å². The van der Waals surface area contributed by atoms with E-state index in [0.717, 1.165) is 38.8 Å². The fourth-order valence-electron chi connectivity index (χ4n) is 3.31. The lowest BCUT2D eigenvalue weighted by Crippen LogP contribution is -2.40. The van der Waals surface area contributed by atoms with E-state index in [9.17, 15) is 4.79 Å². The van der Waals surface area contributed by atoms with Crippen LogP contribution in [-0.2, 0) is 16.1 Å². The minimum Gasteiger partial charge on any atom is -0.368 e. The molecule has 20 heavy (non-hydrogen) atoms. The van der Waals surface area contributed by atoms with Gasteiger partial charge in [-0.25, -0.2) is 0 Å². The van der Waals surface area contributed by atoms with Gasteiger partial charge in [0.05, 0.1) is 18.7 Å². The van der Waals surface area contributed by atoms with Crippen molar-refractivity contribution in [1.82, 2.24) is 14.7 Å². The van der Waals surface area contributed by atoms with Crippen LogP contribution in [0.4, 0.5) is 0 Å². The van der Waals surface area contributed by atoms with Gasteiger partial charge in [0.25, 0.3) is 0 Å². The molecule has 2 aliphatic rings. The zero-order chi connectivity index (χ0) is 13.8. The van der Waals surface area contributed by atoms with Crippen molar-refractivity contribution in [3.05, 3.63) is 18.5 Å². The molecular formula is C15H23N3O2. The van der Waals surface area contributed by atoms with E-state index in [1.54, 1.807) is 6.20 Å². The summed E-state index contributed by atoms with van der Waals surface area (Å²) >= 11 is 0. The Morgan fingerprint density at radius 2 is 2.10 bits per heavy atom. The highest BCUT2D eigenvalue weighted by molar-refractivity contribution is 5.78. The van der Waals surface area contributed by atoms with Crippen molar-refractivity contribution in [2.24, 2.45) is 0 Å². The number of carbonyl (C=O) groups is 1. The second-order valence-corrected chi connectivity index (χ2v) is 5.83. The fourth-order valence-corrected chi connectivity index (χ4v) is 3.31. The van der Waals surface area contributed by atoms with E-state index >= 15 is 0 Å². The SMILES string of the molecule is O=C(COC1CCCC1)N1CCCC1Cn1cccn1. The number of hydrogen-bond acceptors (Lipinski definition) is 3. The largest absolute Gasteiger partial charge is 0.368 e. The highest BCUT2D eigenvalue weighted by atomic mass is 16.5. The average molecular weight is 277 g/mol. The third-order valence-electron chi connectivity index (χ3n) is 4.40. The van der Waals surface area contributed by atoms with Crippen LogP contribution in [0.3, 0.4) is 0 Å². The van der Waals surface area contributed by atoms with Crippen molar-refractivity contribution in [1.29, 1.82) is 0 Å². The predicted molar refractivity (Wildman–Crippen MR) is 75.2 cm³/mol. The Balaban J connectivity index is 1.50. The number of carbonyl (C=O) groups excluding carboxylic acids is 1. The Hall–Kier alpha value is -1.36. The lowest BCUT2D eigenvalue weighted by molar-refractivity contribution is -0.139. The van der Waals surface area contributed by atoms with Gasteiger partial charge in [0.2, 0.25) is 5.91 Å². The summed E-state index contributed by atoms with van der Waals surface area (Å²) in [6.07, 6.45) is 10.9. The lowest BCUT2D eigenvalue weighted by atomic mass is 10.2. The zero-order valence-electron chi connectivity index (χ0n) is 11.9. The number of nitrogens with zero attached hydrogens (tertiary/aromatic N) is 3. The monoisotopic (exact) mass is 277 g/mol. The van der Waals surface area contributed by atoms with Gasteiger partial charge >= 0.3 is 0 Å². The van der Waals surface area contributed by atoms with Gasteiger partial charge in [-0.05, 0) is 31.7 Å². The standard InChI is InChI=1S/C15H23N3O2/c19-15(12-20-14-6-1-2-7-14)18-10-3-5-13(18)11-17-9-4-8-16-17/h4,8-9,13-14H,1-3,5-7,10-12H2. The first-order chi connectivity index (χ1) is 9.83. The zero-order valence-corrected chi connectivity index (χ0v) is 11.9. The Morgan fingerprint density at radius 3 is 2.85 bits per heavy atom. The Morgan fingerprint density at radius 1 is 1.25 bits per heavy atom. The van der Waals surface area contributed by atoms with Gasteiger partial charge in [0.15, 0.2) is 0 Å². The minimum atomic E-state index is 0.145. The van der Waals surface area contributed by atoms with Gasteiger partial charge in [-0.15, -0.1) is 0 Å². The number of rotatable bonds is 5. The third kappa shape index (κ3) is 3.20. The van der Waals surface area contributed by atoms with Crippen LogP contribution in [0, 0.1) is 0 Å². The van der Waals surface area contributed by atoms with E-state index in [2.05, 4.69) is 5.10 Å². The van der Waals surface area contributed by atoms with E-state index < -0.39 is 0 Å². The van der Waals surface area contributed by atoms with Crippen molar-refractivity contribution in [2.45, 2.75) is 57.2 Å². The van der Waals surface area contributed by atoms with Crippen LogP contribution in [0.5, 0.6) is 0 Å². The van der Waals surface area contributed by atoms with Crippen LogP contribution < -0.4 is 0 Å². The minimum absolute atomic E-state index is 0.145. The molecule has 1 aliphatic heterocycles. The second-order valence-electron chi connectivity index (χ2n) is 5.83. The summed E-state index contributed by atoms with van der Waals surface area (Å²) in [7, 11) is 0. The number of aromatic nitrogens is 2. The topological polar surface area (TPSA) is 47.4 Å². The first kappa shape index (κ1) is 13.6. The molecule has 0 spiro atoms. The number of likely N-dealkylation sites (tertiary alicyclic amines) is 1. The Labute approximate surface area is 119 Å². The van der Waals surface area contributed by atoms with Crippen LogP contribution in [0.15, 0.2) is 18.5 Å². The molecule has 0 radical (unpaired) electrons. The summed E-state index contributed by atoms with van der Waals surface area (Å²) in [5, 5.41) is 4.23. The molecule has 1 saturated carbocycles. The van der Waals surface area contributed by atoms with E-state index in [0.29, 0.717) is 6.10 Å². The van der Waals surface area contributed by atoms with E-state index in [1.807, 2.05) is 21.8 Å². The maximum atomic E-state index is 12.3. The summed E-state index contributed by atoms with van der Waals surface area (Å²) in [4.78, 5) is 14.3. The second kappa shape index (κ2) is 6.39. The molecule has 110 valence electrons. The van der Waals surface area contributed by atoms with Crippen molar-refractivity contribution < 1.29 is 9.53 Å². The van der Waals surface area contributed by atoms with Gasteiger partial charge in [-0.2, -0.15) is 5.10 Å². The van der Waals surface area contributed by atoms with E-state index in [1.165, 1.54) is 12.8 Å². The molecule has 2 fully saturated rings. The van der Waals surface area contributed by atoms with Gasteiger partial charge in [0.1, 0.15) is 6.61 Å². The molecule has 1 unspecified atom stereocenters. The third-order valence-corrected chi connectivity index (χ3v) is 4.40. The molecule has 0 bridgehead atoms. The van der Waals surface area contributed by atoms with Crippen LogP contribution in [0.25, 0.3) is 0 Å². The van der Waals surface area contributed by atoms with Crippen LogP contribution >= 0.6 is 0 Å². The van der Waals surface area contributed by atoms with Gasteiger partial charge in [0, 0.05) is 18.9 Å². The smallest absolute Gasteiger partial charge is 0.248 e. The lowest BCUT2D eigenvalue weighted by Gasteiger charge is -2.25.